The number of hydrogen-bond donors (Lipinski definition) is 2. The molecule has 11 heteroatoms. The zero-order valence-electron chi connectivity index (χ0n) is 18.9. The van der Waals surface area contributed by atoms with E-state index < -0.39 is 34.3 Å². The number of esters is 1. The van der Waals surface area contributed by atoms with Crippen molar-refractivity contribution in [3.63, 3.8) is 0 Å². The maximum absolute atomic E-state index is 13.0. The average Bonchev–Trinajstić information content (AvgIpc) is 2.87. The van der Waals surface area contributed by atoms with Gasteiger partial charge in [0.25, 0.3) is 15.9 Å². The lowest BCUT2D eigenvalue weighted by molar-refractivity contribution is -0.124. The standard InChI is InChI=1S/C24H23FN2O7S/c1-32-21-11-6-16(12-22(21)33-2)14-26-23(28)15-34-24(29)17-4-3-5-20(13-17)35(30,31)27-19-9-7-18(25)8-10-19/h3-13,27H,14-15H2,1-2H3,(H,26,28). The van der Waals surface area contributed by atoms with E-state index in [1.54, 1.807) is 18.2 Å². The van der Waals surface area contributed by atoms with Crippen LogP contribution in [-0.2, 0) is 26.1 Å². The molecule has 0 unspecified atom stereocenters. The molecule has 0 heterocycles. The van der Waals surface area contributed by atoms with Crippen molar-refractivity contribution in [2.24, 2.45) is 0 Å². The zero-order valence-corrected chi connectivity index (χ0v) is 19.7. The Morgan fingerprint density at radius 2 is 1.63 bits per heavy atom. The van der Waals surface area contributed by atoms with Gasteiger partial charge in [-0.15, -0.1) is 0 Å². The van der Waals surface area contributed by atoms with Gasteiger partial charge in [0.05, 0.1) is 24.7 Å². The number of ether oxygens (including phenoxy) is 3. The number of hydrogen-bond acceptors (Lipinski definition) is 7. The summed E-state index contributed by atoms with van der Waals surface area (Å²) in [7, 11) is -1.03. The molecule has 0 saturated heterocycles. The van der Waals surface area contributed by atoms with E-state index in [1.807, 2.05) is 0 Å². The second-order valence-electron chi connectivity index (χ2n) is 7.18. The van der Waals surface area contributed by atoms with E-state index in [0.717, 1.165) is 23.8 Å². The van der Waals surface area contributed by atoms with Gasteiger partial charge in [-0.2, -0.15) is 0 Å². The van der Waals surface area contributed by atoms with Crippen LogP contribution in [0.5, 0.6) is 11.5 Å². The maximum atomic E-state index is 13.0. The van der Waals surface area contributed by atoms with E-state index in [1.165, 1.54) is 44.6 Å². The number of benzene rings is 3. The Kier molecular flexibility index (Phi) is 8.26. The van der Waals surface area contributed by atoms with Crippen LogP contribution in [-0.4, -0.2) is 41.1 Å². The van der Waals surface area contributed by atoms with Crippen molar-refractivity contribution in [2.75, 3.05) is 25.5 Å². The molecule has 0 bridgehead atoms. The Labute approximate surface area is 201 Å². The van der Waals surface area contributed by atoms with Gasteiger partial charge >= 0.3 is 5.97 Å². The fraction of sp³-hybridized carbons (Fsp3) is 0.167. The number of nitrogens with one attached hydrogen (secondary N) is 2. The van der Waals surface area contributed by atoms with Gasteiger partial charge in [0.15, 0.2) is 18.1 Å². The minimum Gasteiger partial charge on any atom is -0.493 e. The lowest BCUT2D eigenvalue weighted by Gasteiger charge is -2.11. The molecule has 1 amide bonds. The monoisotopic (exact) mass is 502 g/mol. The summed E-state index contributed by atoms with van der Waals surface area (Å²) >= 11 is 0. The fourth-order valence-electron chi connectivity index (χ4n) is 2.98. The topological polar surface area (TPSA) is 120 Å². The maximum Gasteiger partial charge on any atom is 0.338 e. The summed E-state index contributed by atoms with van der Waals surface area (Å²) in [6, 6.07) is 15.1. The van der Waals surface area contributed by atoms with Crippen molar-refractivity contribution in [1.29, 1.82) is 0 Å². The summed E-state index contributed by atoms with van der Waals surface area (Å²) in [5.74, 6) is -0.867. The van der Waals surface area contributed by atoms with Gasteiger partial charge in [0.1, 0.15) is 5.82 Å². The molecule has 0 saturated carbocycles. The number of anilines is 1. The van der Waals surface area contributed by atoms with Gasteiger partial charge in [-0.1, -0.05) is 12.1 Å². The molecule has 0 aliphatic heterocycles. The highest BCUT2D eigenvalue weighted by atomic mass is 32.2. The number of amides is 1. The molecular formula is C24H23FN2O7S. The van der Waals surface area contributed by atoms with Gasteiger partial charge < -0.3 is 19.5 Å². The van der Waals surface area contributed by atoms with E-state index in [-0.39, 0.29) is 22.7 Å². The van der Waals surface area contributed by atoms with Crippen LogP contribution in [0.25, 0.3) is 0 Å². The minimum atomic E-state index is -4.04. The number of halogens is 1. The van der Waals surface area contributed by atoms with E-state index in [9.17, 15) is 22.4 Å². The third-order valence-electron chi connectivity index (χ3n) is 4.75. The van der Waals surface area contributed by atoms with Gasteiger partial charge in [-0.05, 0) is 60.2 Å². The van der Waals surface area contributed by atoms with Crippen LogP contribution in [0.4, 0.5) is 10.1 Å². The highest BCUT2D eigenvalue weighted by Crippen LogP contribution is 2.27. The van der Waals surface area contributed by atoms with Crippen molar-refractivity contribution < 1.29 is 36.6 Å². The van der Waals surface area contributed by atoms with Crippen LogP contribution < -0.4 is 19.5 Å². The zero-order chi connectivity index (χ0) is 25.4. The summed E-state index contributed by atoms with van der Waals surface area (Å²) in [6.07, 6.45) is 0. The second-order valence-corrected chi connectivity index (χ2v) is 8.86. The molecule has 0 aliphatic rings. The lowest BCUT2D eigenvalue weighted by atomic mass is 10.2. The van der Waals surface area contributed by atoms with Crippen LogP contribution >= 0.6 is 0 Å². The Morgan fingerprint density at radius 1 is 0.914 bits per heavy atom. The van der Waals surface area contributed by atoms with Crippen molar-refractivity contribution in [2.45, 2.75) is 11.4 Å². The molecule has 0 aliphatic carbocycles. The smallest absolute Gasteiger partial charge is 0.338 e. The van der Waals surface area contributed by atoms with Crippen LogP contribution in [0.15, 0.2) is 71.6 Å². The summed E-state index contributed by atoms with van der Waals surface area (Å²) in [4.78, 5) is 24.3. The van der Waals surface area contributed by atoms with E-state index in [0.29, 0.717) is 11.5 Å². The minimum absolute atomic E-state index is 0.0559. The number of rotatable bonds is 10. The van der Waals surface area contributed by atoms with Crippen LogP contribution in [0, 0.1) is 5.82 Å². The van der Waals surface area contributed by atoms with Crippen molar-refractivity contribution >= 4 is 27.6 Å². The number of carbonyl (C=O) groups is 2. The summed E-state index contributed by atoms with van der Waals surface area (Å²) < 4.78 is 55.9. The number of sulfonamides is 1. The molecule has 3 aromatic carbocycles. The molecule has 9 nitrogen and oxygen atoms in total. The molecule has 0 spiro atoms. The molecule has 0 atom stereocenters. The first-order chi connectivity index (χ1) is 16.7. The Bertz CT molecular complexity index is 1310. The average molecular weight is 503 g/mol. The van der Waals surface area contributed by atoms with Gasteiger partial charge in [-0.3, -0.25) is 9.52 Å². The molecule has 0 radical (unpaired) electrons. The lowest BCUT2D eigenvalue weighted by Crippen LogP contribution is -2.28. The SMILES string of the molecule is COc1ccc(CNC(=O)COC(=O)c2cccc(S(=O)(=O)Nc3ccc(F)cc3)c2)cc1OC. The highest BCUT2D eigenvalue weighted by Gasteiger charge is 2.18. The Balaban J connectivity index is 1.57. The normalized spacial score (nSPS) is 10.8. The number of carbonyl (C=O) groups excluding carboxylic acids is 2. The molecule has 0 aromatic heterocycles. The second kappa shape index (κ2) is 11.3. The van der Waals surface area contributed by atoms with Crippen LogP contribution in [0.3, 0.4) is 0 Å². The Morgan fingerprint density at radius 3 is 2.31 bits per heavy atom. The fourth-order valence-corrected chi connectivity index (χ4v) is 4.08. The molecule has 35 heavy (non-hydrogen) atoms. The van der Waals surface area contributed by atoms with Gasteiger partial charge in [0, 0.05) is 12.2 Å². The first-order valence-corrected chi connectivity index (χ1v) is 11.7. The predicted octanol–water partition coefficient (Wildman–Crippen LogP) is 3.12. The third kappa shape index (κ3) is 6.93. The van der Waals surface area contributed by atoms with Gasteiger partial charge in [-0.25, -0.2) is 17.6 Å². The third-order valence-corrected chi connectivity index (χ3v) is 6.13. The summed E-state index contributed by atoms with van der Waals surface area (Å²) in [5, 5.41) is 2.62. The molecule has 3 aromatic rings. The van der Waals surface area contributed by atoms with Gasteiger partial charge in [0.2, 0.25) is 0 Å². The molecule has 3 rings (SSSR count). The van der Waals surface area contributed by atoms with E-state index in [4.69, 9.17) is 14.2 Å². The number of methoxy groups -OCH3 is 2. The summed E-state index contributed by atoms with van der Waals surface area (Å²) in [6.45, 7) is -0.392. The van der Waals surface area contributed by atoms with Crippen LogP contribution in [0.1, 0.15) is 15.9 Å². The molecule has 2 N–H and O–H groups in total. The van der Waals surface area contributed by atoms with E-state index in [2.05, 4.69) is 10.0 Å². The highest BCUT2D eigenvalue weighted by molar-refractivity contribution is 7.92. The first-order valence-electron chi connectivity index (χ1n) is 10.2. The van der Waals surface area contributed by atoms with E-state index >= 15 is 0 Å². The van der Waals surface area contributed by atoms with Crippen LogP contribution in [0.2, 0.25) is 0 Å². The molecule has 184 valence electrons. The summed E-state index contributed by atoms with van der Waals surface area (Å²) in [5.41, 5.74) is 0.846. The molecule has 0 fully saturated rings. The van der Waals surface area contributed by atoms with Crippen molar-refractivity contribution in [3.8, 4) is 11.5 Å². The molecular weight excluding hydrogens is 479 g/mol. The quantitative estimate of drug-likeness (QED) is 0.409. The first kappa shape index (κ1) is 25.5. The largest absolute Gasteiger partial charge is 0.493 e. The van der Waals surface area contributed by atoms with Crippen molar-refractivity contribution in [3.05, 3.63) is 83.7 Å². The Hall–Kier alpha value is -4.12. The van der Waals surface area contributed by atoms with Crippen molar-refractivity contribution in [1.82, 2.24) is 5.32 Å². The predicted molar refractivity (Wildman–Crippen MR) is 125 cm³/mol.